The van der Waals surface area contributed by atoms with E-state index in [2.05, 4.69) is 19.8 Å². The average Bonchev–Trinajstić information content (AvgIpc) is 3.51. The van der Waals surface area contributed by atoms with Gasteiger partial charge >= 0.3 is 0 Å². The van der Waals surface area contributed by atoms with Gasteiger partial charge in [0.15, 0.2) is 0 Å². The molecule has 0 saturated carbocycles. The molecule has 180 valence electrons. The van der Waals surface area contributed by atoms with E-state index in [1.165, 1.54) is 0 Å². The predicted molar refractivity (Wildman–Crippen MR) is 136 cm³/mol. The molecule has 6 nitrogen and oxygen atoms in total. The first-order chi connectivity index (χ1) is 17.1. The van der Waals surface area contributed by atoms with Crippen LogP contribution in [0.5, 0.6) is 11.5 Å². The molecule has 7 heteroatoms. The number of nitrogens with zero attached hydrogens (tertiary/aromatic N) is 4. The third kappa shape index (κ3) is 5.14. The molecule has 35 heavy (non-hydrogen) atoms. The maximum Gasteiger partial charge on any atom is 0.136 e. The van der Waals surface area contributed by atoms with E-state index in [4.69, 9.17) is 9.47 Å². The molecule has 0 saturated heterocycles. The molecule has 0 spiro atoms. The highest BCUT2D eigenvalue weighted by molar-refractivity contribution is 6.00. The number of aliphatic imine (C=N–C) groups is 2. The summed E-state index contributed by atoms with van der Waals surface area (Å²) in [6.07, 6.45) is 0. The molecule has 2 aliphatic heterocycles. The normalized spacial score (nSPS) is 15.3. The molecule has 0 bridgehead atoms. The summed E-state index contributed by atoms with van der Waals surface area (Å²) >= 11 is 0. The Bertz CT molecular complexity index is 1150. The standard InChI is InChI=1S/C28H29FN4O2/c1-32-16-14-30-27(32)20-6-10-24(11-7-20)34-18-22-4-3-5-23(26(22)29)19-35-25-12-8-21(9-13-25)28-31-15-17-33(28)2/h3-13H,14-19H2,1-2H3. The summed E-state index contributed by atoms with van der Waals surface area (Å²) in [6.45, 7) is 3.80. The lowest BCUT2D eigenvalue weighted by Crippen LogP contribution is -2.23. The molecule has 2 heterocycles. The summed E-state index contributed by atoms with van der Waals surface area (Å²) in [5.74, 6) is 3.06. The number of halogens is 1. The molecule has 0 amide bonds. The molecule has 3 aromatic carbocycles. The predicted octanol–water partition coefficient (Wildman–Crippen LogP) is 4.37. The Kier molecular flexibility index (Phi) is 6.66. The minimum absolute atomic E-state index is 0.143. The molecule has 0 N–H and O–H groups in total. The molecule has 0 atom stereocenters. The van der Waals surface area contributed by atoms with Gasteiger partial charge in [-0.1, -0.05) is 18.2 Å². The first-order valence-electron chi connectivity index (χ1n) is 11.8. The number of hydrogen-bond acceptors (Lipinski definition) is 6. The second-order valence-electron chi connectivity index (χ2n) is 8.77. The van der Waals surface area contributed by atoms with Crippen molar-refractivity contribution in [2.45, 2.75) is 13.2 Å². The van der Waals surface area contributed by atoms with Gasteiger partial charge in [0.05, 0.1) is 13.1 Å². The fourth-order valence-corrected chi connectivity index (χ4v) is 4.27. The van der Waals surface area contributed by atoms with Crippen LogP contribution >= 0.6 is 0 Å². The zero-order chi connectivity index (χ0) is 24.2. The smallest absolute Gasteiger partial charge is 0.136 e. The maximum absolute atomic E-state index is 15.1. The summed E-state index contributed by atoms with van der Waals surface area (Å²) in [5, 5.41) is 0. The average molecular weight is 473 g/mol. The first kappa shape index (κ1) is 22.9. The highest BCUT2D eigenvalue weighted by Gasteiger charge is 2.16. The van der Waals surface area contributed by atoms with Gasteiger partial charge in [-0.15, -0.1) is 0 Å². The van der Waals surface area contributed by atoms with Crippen LogP contribution in [0.25, 0.3) is 0 Å². The van der Waals surface area contributed by atoms with Crippen LogP contribution in [0, 0.1) is 5.82 Å². The molecular weight excluding hydrogens is 443 g/mol. The Hall–Kier alpha value is -3.87. The number of rotatable bonds is 8. The van der Waals surface area contributed by atoms with E-state index in [1.807, 2.05) is 68.7 Å². The number of likely N-dealkylation sites (N-methyl/N-ethyl adjacent to an activating group) is 2. The Morgan fingerprint density at radius 3 is 1.49 bits per heavy atom. The molecule has 3 aromatic rings. The molecule has 0 radical (unpaired) electrons. The Morgan fingerprint density at radius 1 is 0.686 bits per heavy atom. The third-order valence-corrected chi connectivity index (χ3v) is 6.29. The SMILES string of the molecule is CN1CCN=C1c1ccc(OCc2cccc(COc3ccc(C4=NCCN4C)cc3)c2F)cc1. The van der Waals surface area contributed by atoms with Crippen molar-refractivity contribution >= 4 is 11.7 Å². The lowest BCUT2D eigenvalue weighted by molar-refractivity contribution is 0.287. The summed E-state index contributed by atoms with van der Waals surface area (Å²) in [4.78, 5) is 13.3. The van der Waals surface area contributed by atoms with Crippen LogP contribution in [-0.4, -0.2) is 61.7 Å². The van der Waals surface area contributed by atoms with Crippen molar-refractivity contribution in [3.05, 3.63) is 94.8 Å². The largest absolute Gasteiger partial charge is 0.489 e. The lowest BCUT2D eigenvalue weighted by atomic mass is 10.1. The Morgan fingerprint density at radius 2 is 1.11 bits per heavy atom. The van der Waals surface area contributed by atoms with Gasteiger partial charge in [0.2, 0.25) is 0 Å². The molecule has 5 rings (SSSR count). The van der Waals surface area contributed by atoms with E-state index >= 15 is 4.39 Å². The fourth-order valence-electron chi connectivity index (χ4n) is 4.27. The minimum atomic E-state index is -0.301. The van der Waals surface area contributed by atoms with Gasteiger partial charge in [-0.2, -0.15) is 0 Å². The van der Waals surface area contributed by atoms with E-state index in [9.17, 15) is 0 Å². The maximum atomic E-state index is 15.1. The van der Waals surface area contributed by atoms with Crippen molar-refractivity contribution in [3.63, 3.8) is 0 Å². The van der Waals surface area contributed by atoms with Crippen LogP contribution in [0.4, 0.5) is 4.39 Å². The van der Waals surface area contributed by atoms with E-state index in [0.29, 0.717) is 22.6 Å². The van der Waals surface area contributed by atoms with Gasteiger partial charge < -0.3 is 19.3 Å². The highest BCUT2D eigenvalue weighted by atomic mass is 19.1. The summed E-state index contributed by atoms with van der Waals surface area (Å²) < 4.78 is 26.8. The molecule has 0 fully saturated rings. The van der Waals surface area contributed by atoms with Crippen LogP contribution in [0.15, 0.2) is 76.7 Å². The second-order valence-corrected chi connectivity index (χ2v) is 8.77. The summed E-state index contributed by atoms with van der Waals surface area (Å²) in [5.41, 5.74) is 3.10. The van der Waals surface area contributed by atoms with Crippen LogP contribution in [0.1, 0.15) is 22.3 Å². The van der Waals surface area contributed by atoms with Crippen LogP contribution in [0.2, 0.25) is 0 Å². The van der Waals surface area contributed by atoms with E-state index in [-0.39, 0.29) is 19.0 Å². The monoisotopic (exact) mass is 472 g/mol. The lowest BCUT2D eigenvalue weighted by Gasteiger charge is -2.15. The molecular formula is C28H29FN4O2. The zero-order valence-corrected chi connectivity index (χ0v) is 20.1. The molecule has 0 aliphatic carbocycles. The minimum Gasteiger partial charge on any atom is -0.489 e. The fraction of sp³-hybridized carbons (Fsp3) is 0.286. The van der Waals surface area contributed by atoms with Crippen molar-refractivity contribution in [2.75, 3.05) is 40.3 Å². The van der Waals surface area contributed by atoms with Gasteiger partial charge in [-0.05, 0) is 48.5 Å². The van der Waals surface area contributed by atoms with Crippen LogP contribution in [0.3, 0.4) is 0 Å². The molecule has 0 aromatic heterocycles. The summed E-state index contributed by atoms with van der Waals surface area (Å²) in [7, 11) is 4.07. The quantitative estimate of drug-likeness (QED) is 0.489. The third-order valence-electron chi connectivity index (χ3n) is 6.29. The van der Waals surface area contributed by atoms with Gasteiger partial charge in [-0.25, -0.2) is 4.39 Å². The van der Waals surface area contributed by atoms with E-state index < -0.39 is 0 Å². The Labute approximate surface area is 205 Å². The second kappa shape index (κ2) is 10.2. The van der Waals surface area contributed by atoms with Crippen molar-refractivity contribution in [1.82, 2.24) is 9.80 Å². The van der Waals surface area contributed by atoms with Gasteiger partial charge in [0, 0.05) is 49.4 Å². The number of benzene rings is 3. The van der Waals surface area contributed by atoms with Gasteiger partial charge in [0.1, 0.15) is 42.2 Å². The summed E-state index contributed by atoms with van der Waals surface area (Å²) in [6, 6.07) is 20.8. The van der Waals surface area contributed by atoms with Crippen molar-refractivity contribution in [1.29, 1.82) is 0 Å². The van der Waals surface area contributed by atoms with Crippen LogP contribution in [-0.2, 0) is 13.2 Å². The first-order valence-corrected chi connectivity index (χ1v) is 11.8. The molecule has 2 aliphatic rings. The number of ether oxygens (including phenoxy) is 2. The Balaban J connectivity index is 1.18. The van der Waals surface area contributed by atoms with Crippen LogP contribution < -0.4 is 9.47 Å². The zero-order valence-electron chi connectivity index (χ0n) is 20.1. The van der Waals surface area contributed by atoms with Crippen molar-refractivity contribution < 1.29 is 13.9 Å². The molecule has 0 unspecified atom stereocenters. The van der Waals surface area contributed by atoms with Gasteiger partial charge in [-0.3, -0.25) is 9.98 Å². The van der Waals surface area contributed by atoms with E-state index in [1.54, 1.807) is 12.1 Å². The van der Waals surface area contributed by atoms with Crippen molar-refractivity contribution in [2.24, 2.45) is 9.98 Å². The highest BCUT2D eigenvalue weighted by Crippen LogP contribution is 2.21. The van der Waals surface area contributed by atoms with Crippen molar-refractivity contribution in [3.8, 4) is 11.5 Å². The topological polar surface area (TPSA) is 49.7 Å². The number of hydrogen-bond donors (Lipinski definition) is 0. The number of amidine groups is 2. The van der Waals surface area contributed by atoms with Gasteiger partial charge in [0.25, 0.3) is 0 Å². The van der Waals surface area contributed by atoms with E-state index in [0.717, 1.165) is 49.0 Å².